The second-order valence-corrected chi connectivity index (χ2v) is 16.6. The zero-order valence-corrected chi connectivity index (χ0v) is 14.8. The maximum atomic E-state index is 6.39. The van der Waals surface area contributed by atoms with Crippen molar-refractivity contribution in [2.24, 2.45) is 11.8 Å². The lowest BCUT2D eigenvalue weighted by Gasteiger charge is -2.43. The van der Waals surface area contributed by atoms with E-state index in [4.69, 9.17) is 8.85 Å². The molecule has 18 heavy (non-hydrogen) atoms. The Hall–Kier alpha value is -0.226. The van der Waals surface area contributed by atoms with Crippen molar-refractivity contribution in [3.8, 4) is 0 Å². The highest BCUT2D eigenvalue weighted by atomic mass is 28.4. The molecule has 0 radical (unpaired) electrons. The molecule has 0 saturated heterocycles. The van der Waals surface area contributed by atoms with Crippen LogP contribution in [0.15, 0.2) is 11.5 Å². The molecule has 0 atom stereocenters. The molecule has 1 saturated carbocycles. The SMILES string of the molecule is C[Si](C)(C)OC1=C(O[Si](C)(C)C)C2CCC1CC2. The molecule has 0 N–H and O–H groups in total. The standard InChI is InChI=1S/C14H28O2Si2/c1-17(2,3)15-13-11-7-9-12(10-8-11)14(13)16-18(4,5)6/h11-12H,7-10H2,1-6H3. The molecule has 104 valence electrons. The van der Waals surface area contributed by atoms with E-state index in [1.165, 1.54) is 37.2 Å². The van der Waals surface area contributed by atoms with Crippen molar-refractivity contribution in [2.75, 3.05) is 0 Å². The highest BCUT2D eigenvalue weighted by Crippen LogP contribution is 2.47. The molecule has 3 aliphatic rings. The first-order valence-corrected chi connectivity index (χ1v) is 14.1. The van der Waals surface area contributed by atoms with E-state index in [2.05, 4.69) is 39.3 Å². The van der Waals surface area contributed by atoms with E-state index < -0.39 is 16.6 Å². The summed E-state index contributed by atoms with van der Waals surface area (Å²) in [7, 11) is -3.04. The van der Waals surface area contributed by atoms with Crippen LogP contribution in [0.2, 0.25) is 39.3 Å². The van der Waals surface area contributed by atoms with Crippen molar-refractivity contribution in [1.29, 1.82) is 0 Å². The number of rotatable bonds is 4. The lowest BCUT2D eigenvalue weighted by molar-refractivity contribution is 0.152. The fourth-order valence-corrected chi connectivity index (χ4v) is 4.80. The molecule has 0 amide bonds. The van der Waals surface area contributed by atoms with Crippen LogP contribution in [-0.4, -0.2) is 16.6 Å². The summed E-state index contributed by atoms with van der Waals surface area (Å²) in [4.78, 5) is 0. The van der Waals surface area contributed by atoms with Crippen LogP contribution in [0.5, 0.6) is 0 Å². The number of fused-ring (bicyclic) bond motifs is 2. The zero-order valence-electron chi connectivity index (χ0n) is 12.8. The average molecular weight is 285 g/mol. The monoisotopic (exact) mass is 284 g/mol. The topological polar surface area (TPSA) is 18.5 Å². The minimum Gasteiger partial charge on any atom is -0.545 e. The number of hydrogen-bond donors (Lipinski definition) is 0. The predicted molar refractivity (Wildman–Crippen MR) is 81.3 cm³/mol. The van der Waals surface area contributed by atoms with Crippen LogP contribution in [0.25, 0.3) is 0 Å². The third-order valence-corrected chi connectivity index (χ3v) is 5.21. The Balaban J connectivity index is 2.29. The molecule has 2 nitrogen and oxygen atoms in total. The molecule has 0 aromatic rings. The Bertz CT molecular complexity index is 308. The fraction of sp³-hybridized carbons (Fsp3) is 0.857. The van der Waals surface area contributed by atoms with E-state index >= 15 is 0 Å². The number of hydrogen-bond acceptors (Lipinski definition) is 2. The smallest absolute Gasteiger partial charge is 0.241 e. The molecule has 0 aliphatic heterocycles. The normalized spacial score (nSPS) is 28.6. The number of allylic oxidation sites excluding steroid dienone is 2. The van der Waals surface area contributed by atoms with Crippen LogP contribution in [0, 0.1) is 11.8 Å². The summed E-state index contributed by atoms with van der Waals surface area (Å²) >= 11 is 0. The van der Waals surface area contributed by atoms with Gasteiger partial charge in [-0.05, 0) is 65.0 Å². The summed E-state index contributed by atoms with van der Waals surface area (Å²) in [5, 5.41) is 0. The highest BCUT2D eigenvalue weighted by molar-refractivity contribution is 6.70. The van der Waals surface area contributed by atoms with Crippen molar-refractivity contribution in [1.82, 2.24) is 0 Å². The van der Waals surface area contributed by atoms with E-state index in [1.54, 1.807) is 0 Å². The summed E-state index contributed by atoms with van der Waals surface area (Å²) in [6.07, 6.45) is 5.23. The molecule has 2 bridgehead atoms. The first-order chi connectivity index (χ1) is 8.16. The Labute approximate surface area is 114 Å². The van der Waals surface area contributed by atoms with Gasteiger partial charge in [0.1, 0.15) is 11.5 Å². The Morgan fingerprint density at radius 1 is 0.667 bits per heavy atom. The van der Waals surface area contributed by atoms with E-state index in [9.17, 15) is 0 Å². The first-order valence-electron chi connectivity index (χ1n) is 7.28. The van der Waals surface area contributed by atoms with Crippen molar-refractivity contribution >= 4 is 16.6 Å². The zero-order chi connectivity index (χ0) is 13.6. The van der Waals surface area contributed by atoms with Gasteiger partial charge in [-0.1, -0.05) is 0 Å². The Kier molecular flexibility index (Phi) is 3.71. The summed E-state index contributed by atoms with van der Waals surface area (Å²) in [6.45, 7) is 13.6. The molecule has 1 fully saturated rings. The van der Waals surface area contributed by atoms with Gasteiger partial charge in [0.05, 0.1) is 0 Å². The molecular weight excluding hydrogens is 256 g/mol. The largest absolute Gasteiger partial charge is 0.545 e. The van der Waals surface area contributed by atoms with Crippen LogP contribution in [0.4, 0.5) is 0 Å². The average Bonchev–Trinajstić information content (AvgIpc) is 2.19. The summed E-state index contributed by atoms with van der Waals surface area (Å²) < 4.78 is 12.8. The molecule has 3 rings (SSSR count). The van der Waals surface area contributed by atoms with Crippen molar-refractivity contribution in [3.63, 3.8) is 0 Å². The lowest BCUT2D eigenvalue weighted by Crippen LogP contribution is -2.38. The van der Waals surface area contributed by atoms with E-state index in [1.807, 2.05) is 0 Å². The van der Waals surface area contributed by atoms with Crippen LogP contribution in [0.3, 0.4) is 0 Å². The van der Waals surface area contributed by atoms with Crippen LogP contribution in [0.1, 0.15) is 25.7 Å². The van der Waals surface area contributed by atoms with E-state index in [-0.39, 0.29) is 0 Å². The van der Waals surface area contributed by atoms with E-state index in [0.29, 0.717) is 11.8 Å². The highest BCUT2D eigenvalue weighted by Gasteiger charge is 2.40. The van der Waals surface area contributed by atoms with Crippen molar-refractivity contribution in [2.45, 2.75) is 65.0 Å². The second kappa shape index (κ2) is 4.71. The third kappa shape index (κ3) is 3.41. The third-order valence-electron chi connectivity index (χ3n) is 3.54. The molecule has 4 heteroatoms. The van der Waals surface area contributed by atoms with Gasteiger partial charge in [0.25, 0.3) is 0 Å². The van der Waals surface area contributed by atoms with Crippen LogP contribution >= 0.6 is 0 Å². The molecule has 0 heterocycles. The maximum absolute atomic E-state index is 6.39. The first kappa shape index (κ1) is 14.2. The minimum absolute atomic E-state index is 0.646. The van der Waals surface area contributed by atoms with Gasteiger partial charge in [-0.25, -0.2) is 0 Å². The Morgan fingerprint density at radius 2 is 0.944 bits per heavy atom. The van der Waals surface area contributed by atoms with Gasteiger partial charge in [-0.2, -0.15) is 0 Å². The van der Waals surface area contributed by atoms with Crippen LogP contribution in [-0.2, 0) is 8.85 Å². The quantitative estimate of drug-likeness (QED) is 0.695. The van der Waals surface area contributed by atoms with Crippen LogP contribution < -0.4 is 0 Å². The van der Waals surface area contributed by atoms with E-state index in [0.717, 1.165) is 0 Å². The van der Waals surface area contributed by atoms with Gasteiger partial charge in [-0.15, -0.1) is 0 Å². The van der Waals surface area contributed by atoms with Gasteiger partial charge >= 0.3 is 0 Å². The summed E-state index contributed by atoms with van der Waals surface area (Å²) in [6, 6.07) is 0. The van der Waals surface area contributed by atoms with Gasteiger partial charge in [-0.3, -0.25) is 0 Å². The van der Waals surface area contributed by atoms with Gasteiger partial charge in [0.2, 0.25) is 16.6 Å². The maximum Gasteiger partial charge on any atom is 0.241 e. The lowest BCUT2D eigenvalue weighted by atomic mass is 9.74. The van der Waals surface area contributed by atoms with Gasteiger partial charge < -0.3 is 8.85 Å². The van der Waals surface area contributed by atoms with Crippen molar-refractivity contribution < 1.29 is 8.85 Å². The molecule has 3 aliphatic carbocycles. The minimum atomic E-state index is -1.52. The molecule has 0 spiro atoms. The van der Waals surface area contributed by atoms with Gasteiger partial charge in [0, 0.05) is 11.8 Å². The second-order valence-electron chi connectivity index (χ2n) is 7.71. The molecule has 0 aromatic heterocycles. The summed E-state index contributed by atoms with van der Waals surface area (Å²) in [5.41, 5.74) is 0. The van der Waals surface area contributed by atoms with Gasteiger partial charge in [0.15, 0.2) is 0 Å². The molecule has 0 unspecified atom stereocenters. The molecule has 0 aromatic carbocycles. The molecular formula is C14H28O2Si2. The fourth-order valence-electron chi connectivity index (χ4n) is 2.95. The Morgan fingerprint density at radius 3 is 1.17 bits per heavy atom. The predicted octanol–water partition coefficient (Wildman–Crippen LogP) is 4.72. The van der Waals surface area contributed by atoms with Crippen molar-refractivity contribution in [3.05, 3.63) is 11.5 Å². The summed E-state index contributed by atoms with van der Waals surface area (Å²) in [5.74, 6) is 3.79.